The molecule has 9 rings (SSSR count). The van der Waals surface area contributed by atoms with E-state index in [0.29, 0.717) is 5.52 Å². The van der Waals surface area contributed by atoms with Crippen LogP contribution in [0.1, 0.15) is 0 Å². The molecule has 0 amide bonds. The summed E-state index contributed by atoms with van der Waals surface area (Å²) >= 11 is 0. The number of pyridine rings is 1. The minimum absolute atomic E-state index is 0. The molecule has 11 heteroatoms. The normalized spacial score (nSPS) is 10.1. The van der Waals surface area contributed by atoms with Gasteiger partial charge in [-0.05, 0) is 157 Å². The largest absolute Gasteiger partial charge is 0.871 e. The smallest absolute Gasteiger partial charge is 0.119 e. The Kier molecular flexibility index (Phi) is 21.3. The Labute approximate surface area is 415 Å². The van der Waals surface area contributed by atoms with Crippen molar-refractivity contribution in [1.29, 1.82) is 0 Å². The summed E-state index contributed by atoms with van der Waals surface area (Å²) in [5.74, 6) is 5.21. The summed E-state index contributed by atoms with van der Waals surface area (Å²) in [6, 6.07) is 70.9. The molecule has 0 saturated heterocycles. The molecule has 0 unspecified atom stereocenters. The molecule has 0 fully saturated rings. The Hall–Kier alpha value is -6.75. The zero-order valence-electron chi connectivity index (χ0n) is 38.9. The van der Waals surface area contributed by atoms with Gasteiger partial charge in [0.05, 0.1) is 64.0 Å². The van der Waals surface area contributed by atoms with Crippen molar-refractivity contribution < 1.29 is 53.0 Å². The van der Waals surface area contributed by atoms with Crippen molar-refractivity contribution in [3.8, 4) is 40.2 Å². The first kappa shape index (κ1) is 52.2. The Balaban J connectivity index is 0.000000188. The van der Waals surface area contributed by atoms with Gasteiger partial charge in [0.1, 0.15) is 66.3 Å². The van der Waals surface area contributed by atoms with Crippen LogP contribution in [0, 0.1) is 0 Å². The van der Waals surface area contributed by atoms with Crippen molar-refractivity contribution in [2.75, 3.05) is 42.7 Å². The van der Waals surface area contributed by atoms with E-state index in [4.69, 9.17) is 28.4 Å². The van der Waals surface area contributed by atoms with Gasteiger partial charge in [-0.2, -0.15) is 0 Å². The average Bonchev–Trinajstić information content (AvgIpc) is 3.41. The van der Waals surface area contributed by atoms with Gasteiger partial charge in [-0.3, -0.25) is 4.98 Å². The summed E-state index contributed by atoms with van der Waals surface area (Å²) in [6.07, 6.45) is 1.63. The van der Waals surface area contributed by atoms with Crippen LogP contribution in [0.15, 0.2) is 219 Å². The maximum absolute atomic E-state index is 11.1. The summed E-state index contributed by atoms with van der Waals surface area (Å²) in [5, 5.41) is 19.9. The molecule has 1 heterocycles. The number of rotatable bonds is 12. The van der Waals surface area contributed by atoms with E-state index >= 15 is 0 Å². The number of para-hydroxylation sites is 1. The minimum Gasteiger partial charge on any atom is -0.871 e. The van der Waals surface area contributed by atoms with Crippen molar-refractivity contribution in [1.82, 2.24) is 4.98 Å². The Morgan fingerprint density at radius 3 is 0.765 bits per heavy atom. The Bertz CT molecular complexity index is 2400. The Morgan fingerprint density at radius 1 is 0.309 bits per heavy atom. The van der Waals surface area contributed by atoms with E-state index in [1.54, 1.807) is 54.9 Å². The van der Waals surface area contributed by atoms with Crippen molar-refractivity contribution >= 4 is 58.6 Å². The summed E-state index contributed by atoms with van der Waals surface area (Å²) in [5.41, 5.74) is 0.551. The maximum atomic E-state index is 11.1. The third-order valence-electron chi connectivity index (χ3n) is 10.5. The zero-order chi connectivity index (χ0) is 47.2. The van der Waals surface area contributed by atoms with E-state index in [0.717, 1.165) is 39.9 Å². The molecule has 0 saturated carbocycles. The van der Waals surface area contributed by atoms with Crippen LogP contribution in [-0.4, -0.2) is 47.6 Å². The first-order chi connectivity index (χ1) is 32.9. The van der Waals surface area contributed by atoms with Gasteiger partial charge in [0.25, 0.3) is 0 Å². The van der Waals surface area contributed by atoms with E-state index in [9.17, 15) is 5.11 Å². The number of benzene rings is 8. The summed E-state index contributed by atoms with van der Waals surface area (Å²) < 4.78 is 31.8. The molecule has 0 aliphatic carbocycles. The van der Waals surface area contributed by atoms with E-state index in [2.05, 4.69) is 77.8 Å². The van der Waals surface area contributed by atoms with Gasteiger partial charge in [-0.15, -0.1) is 0 Å². The van der Waals surface area contributed by atoms with Crippen LogP contribution < -0.4 is 65.4 Å². The molecule has 349 valence electrons. The van der Waals surface area contributed by atoms with Crippen LogP contribution >= 0.6 is 15.8 Å². The van der Waals surface area contributed by atoms with Gasteiger partial charge in [-0.1, -0.05) is 66.4 Å². The van der Waals surface area contributed by atoms with Gasteiger partial charge in [0.15, 0.2) is 0 Å². The van der Waals surface area contributed by atoms with Gasteiger partial charge in [-0.25, -0.2) is 0 Å². The van der Waals surface area contributed by atoms with Crippen molar-refractivity contribution in [3.05, 3.63) is 219 Å². The fraction of sp³-hybridized carbons (Fsp3) is 0.105. The summed E-state index contributed by atoms with van der Waals surface area (Å²) in [6.45, 7) is 0. The predicted molar refractivity (Wildman–Crippen MR) is 280 cm³/mol. The SMILES string of the molecule is COc1ccc([PH+](c2ccc(OC)cc2)c2ccc(OC)cc2)cc1.COc1ccc([PH+](c2ccc(OC)cc2)c2ccc(OC)cc2)cc1.[O-]c1cccc2cccnc12.[Rh].c1ccccc1. The number of ether oxygens (including phenoxy) is 6. The van der Waals surface area contributed by atoms with Gasteiger partial charge in [0, 0.05) is 25.7 Å². The van der Waals surface area contributed by atoms with E-state index < -0.39 is 15.8 Å². The van der Waals surface area contributed by atoms with Gasteiger partial charge < -0.3 is 33.5 Å². The van der Waals surface area contributed by atoms with E-state index in [-0.39, 0.29) is 25.2 Å². The van der Waals surface area contributed by atoms with Gasteiger partial charge in [0.2, 0.25) is 0 Å². The molecule has 0 aliphatic rings. The summed E-state index contributed by atoms with van der Waals surface area (Å²) in [7, 11) is 7.89. The Morgan fingerprint density at radius 2 is 0.544 bits per heavy atom. The first-order valence-corrected chi connectivity index (χ1v) is 24.5. The second-order valence-electron chi connectivity index (χ2n) is 14.6. The molecule has 8 aromatic carbocycles. The van der Waals surface area contributed by atoms with E-state index in [1.165, 1.54) is 37.9 Å². The molecule has 9 aromatic rings. The molecule has 0 N–H and O–H groups in total. The third kappa shape index (κ3) is 14.9. The predicted octanol–water partition coefficient (Wildman–Crippen LogP) is 9.40. The quantitative estimate of drug-likeness (QED) is 0.0884. The number of hydrogen-bond donors (Lipinski definition) is 0. The zero-order valence-corrected chi connectivity index (χ0v) is 42.6. The van der Waals surface area contributed by atoms with Gasteiger partial charge >= 0.3 is 0 Å². The summed E-state index contributed by atoms with van der Waals surface area (Å²) in [4.78, 5) is 3.97. The number of hydrogen-bond acceptors (Lipinski definition) is 8. The second-order valence-corrected chi connectivity index (χ2v) is 19.6. The van der Waals surface area contributed by atoms with Crippen LogP contribution in [0.3, 0.4) is 0 Å². The van der Waals surface area contributed by atoms with Crippen LogP contribution in [0.4, 0.5) is 0 Å². The van der Waals surface area contributed by atoms with Crippen LogP contribution in [0.5, 0.6) is 40.2 Å². The number of nitrogens with zero attached hydrogens (tertiary/aromatic N) is 1. The molecular weight excluding hydrogens is 975 g/mol. The molecule has 0 atom stereocenters. The third-order valence-corrected chi connectivity index (χ3v) is 16.0. The van der Waals surface area contributed by atoms with Crippen LogP contribution in [0.2, 0.25) is 0 Å². The molecule has 8 nitrogen and oxygen atoms in total. The molecule has 0 bridgehead atoms. The average molecular weight is 1030 g/mol. The fourth-order valence-electron chi connectivity index (χ4n) is 7.01. The standard InChI is InChI=1S/2C21H21O3P.C9H7NO.C6H6.Rh/c2*1-22-16-4-10-19(11-5-16)25(20-12-6-17(23-2)7-13-20)21-14-8-18(24-3)9-15-21;11-8-5-1-3-7-4-2-6-10-9(7)8;1-2-4-6-5-3-1;/h2*4-15H,1-3H3;1-6,11H;1-6H;/p+1. The number of fused-ring (bicyclic) bond motifs is 1. The van der Waals surface area contributed by atoms with E-state index in [1.807, 2.05) is 127 Å². The maximum Gasteiger partial charge on any atom is 0.119 e. The van der Waals surface area contributed by atoms with Crippen LogP contribution in [-0.2, 0) is 19.5 Å². The molecular formula is C57H56NO7P2Rh+. The topological polar surface area (TPSA) is 91.3 Å². The monoisotopic (exact) mass is 1030 g/mol. The minimum atomic E-state index is -1.12. The number of methoxy groups -OCH3 is 6. The van der Waals surface area contributed by atoms with Crippen molar-refractivity contribution in [2.24, 2.45) is 0 Å². The van der Waals surface area contributed by atoms with Crippen LogP contribution in [0.25, 0.3) is 10.9 Å². The first-order valence-electron chi connectivity index (χ1n) is 21.5. The molecule has 0 spiro atoms. The fourth-order valence-corrected chi connectivity index (χ4v) is 12.0. The molecule has 1 radical (unpaired) electrons. The van der Waals surface area contributed by atoms with Crippen molar-refractivity contribution in [3.63, 3.8) is 0 Å². The molecule has 0 aliphatic heterocycles. The molecule has 68 heavy (non-hydrogen) atoms. The number of aromatic nitrogens is 1. The second kappa shape index (κ2) is 27.8. The van der Waals surface area contributed by atoms with Crippen molar-refractivity contribution in [2.45, 2.75) is 0 Å². The molecule has 1 aromatic heterocycles.